The third kappa shape index (κ3) is 3.65. The third-order valence-corrected chi connectivity index (χ3v) is 5.57. The Morgan fingerprint density at radius 3 is 2.21 bits per heavy atom. The van der Waals surface area contributed by atoms with Crippen LogP contribution in [-0.4, -0.2) is 29.9 Å². The zero-order chi connectivity index (χ0) is 21.1. The van der Waals surface area contributed by atoms with E-state index in [9.17, 15) is 14.7 Å². The zero-order valence-corrected chi connectivity index (χ0v) is 17.5. The number of carbonyl (C=O) groups excluding carboxylic acids is 2. The normalized spacial score (nSPS) is 16.5. The summed E-state index contributed by atoms with van der Waals surface area (Å²) in [4.78, 5) is 29.4. The molecular formula is C24H28N2O3. The molecule has 0 bridgehead atoms. The summed E-state index contributed by atoms with van der Waals surface area (Å²) in [7, 11) is 0. The summed E-state index contributed by atoms with van der Waals surface area (Å²) in [6, 6.07) is 14.7. The number of aliphatic hydroxyl groups is 1. The van der Waals surface area contributed by atoms with Gasteiger partial charge in [-0.05, 0) is 56.2 Å². The second kappa shape index (κ2) is 8.52. The number of Topliss-reactive ketones (excluding diaryl/α,β-unsaturated/α-hetero) is 1. The highest BCUT2D eigenvalue weighted by Gasteiger charge is 2.44. The van der Waals surface area contributed by atoms with Gasteiger partial charge in [0.2, 0.25) is 0 Å². The molecule has 29 heavy (non-hydrogen) atoms. The molecule has 1 heterocycles. The fourth-order valence-electron chi connectivity index (χ4n) is 3.95. The molecule has 3 rings (SSSR count). The molecule has 0 spiro atoms. The number of carbonyl (C=O) groups is 2. The van der Waals surface area contributed by atoms with Crippen molar-refractivity contribution in [2.45, 2.75) is 40.2 Å². The van der Waals surface area contributed by atoms with Gasteiger partial charge < -0.3 is 10.0 Å². The van der Waals surface area contributed by atoms with Gasteiger partial charge in [0.15, 0.2) is 11.5 Å². The summed E-state index contributed by atoms with van der Waals surface area (Å²) in [5, 5.41) is 10.6. The molecule has 2 aromatic carbocycles. The van der Waals surface area contributed by atoms with Crippen molar-refractivity contribution in [2.24, 2.45) is 0 Å². The maximum atomic E-state index is 13.0. The van der Waals surface area contributed by atoms with Crippen LogP contribution in [0.25, 0.3) is 0 Å². The number of hydrogen-bond donors (Lipinski definition) is 1. The zero-order valence-electron chi connectivity index (χ0n) is 17.5. The lowest BCUT2D eigenvalue weighted by molar-refractivity contribution is -0.118. The second-order valence-corrected chi connectivity index (χ2v) is 7.16. The van der Waals surface area contributed by atoms with E-state index in [1.807, 2.05) is 55.5 Å². The molecule has 1 atom stereocenters. The molecule has 0 saturated heterocycles. The number of anilines is 2. The molecule has 0 aromatic heterocycles. The SMILES string of the molecule is CCC(=O)C1=C(O)C(=O)N(c2ccc(N(CC)CC)cc2)C1c1ccccc1C. The first-order valence-corrected chi connectivity index (χ1v) is 10.1. The lowest BCUT2D eigenvalue weighted by Crippen LogP contribution is -2.31. The van der Waals surface area contributed by atoms with Crippen molar-refractivity contribution < 1.29 is 14.7 Å². The van der Waals surface area contributed by atoms with Crippen molar-refractivity contribution in [2.75, 3.05) is 22.9 Å². The number of nitrogens with zero attached hydrogens (tertiary/aromatic N) is 2. The molecule has 5 heteroatoms. The summed E-state index contributed by atoms with van der Waals surface area (Å²) in [6.45, 7) is 9.67. The van der Waals surface area contributed by atoms with Crippen LogP contribution in [0, 0.1) is 6.92 Å². The molecule has 0 radical (unpaired) electrons. The Morgan fingerprint density at radius 1 is 1.03 bits per heavy atom. The molecule has 1 N–H and O–H groups in total. The lowest BCUT2D eigenvalue weighted by atomic mass is 9.92. The average molecular weight is 392 g/mol. The number of amides is 1. The molecule has 1 unspecified atom stereocenters. The van der Waals surface area contributed by atoms with Crippen LogP contribution in [0.15, 0.2) is 59.9 Å². The number of ketones is 1. The Kier molecular flexibility index (Phi) is 6.06. The number of hydrogen-bond acceptors (Lipinski definition) is 4. The molecule has 1 aliphatic rings. The lowest BCUT2D eigenvalue weighted by Gasteiger charge is -2.29. The van der Waals surface area contributed by atoms with Crippen molar-refractivity contribution in [3.63, 3.8) is 0 Å². The van der Waals surface area contributed by atoms with Crippen molar-refractivity contribution in [3.05, 3.63) is 71.0 Å². The van der Waals surface area contributed by atoms with E-state index < -0.39 is 17.7 Å². The van der Waals surface area contributed by atoms with Gasteiger partial charge in [-0.1, -0.05) is 31.2 Å². The van der Waals surface area contributed by atoms with Crippen molar-refractivity contribution in [1.82, 2.24) is 0 Å². The first kappa shape index (κ1) is 20.6. The Bertz CT molecular complexity index is 943. The quantitative estimate of drug-likeness (QED) is 0.741. The molecule has 0 aliphatic carbocycles. The first-order valence-electron chi connectivity index (χ1n) is 10.1. The number of benzene rings is 2. The number of aryl methyl sites for hydroxylation is 1. The monoisotopic (exact) mass is 392 g/mol. The van der Waals surface area contributed by atoms with E-state index in [2.05, 4.69) is 18.7 Å². The van der Waals surface area contributed by atoms with E-state index in [4.69, 9.17) is 0 Å². The summed E-state index contributed by atoms with van der Waals surface area (Å²) in [6.07, 6.45) is 0.226. The van der Waals surface area contributed by atoms with Crippen molar-refractivity contribution >= 4 is 23.1 Å². The van der Waals surface area contributed by atoms with Gasteiger partial charge in [-0.3, -0.25) is 14.5 Å². The number of aliphatic hydroxyl groups excluding tert-OH is 1. The van der Waals surface area contributed by atoms with Gasteiger partial charge in [-0.2, -0.15) is 0 Å². The number of rotatable bonds is 7. The van der Waals surface area contributed by atoms with E-state index in [0.717, 1.165) is 29.9 Å². The summed E-state index contributed by atoms with van der Waals surface area (Å²) < 4.78 is 0. The van der Waals surface area contributed by atoms with Crippen LogP contribution in [0.1, 0.15) is 44.4 Å². The summed E-state index contributed by atoms with van der Waals surface area (Å²) in [5.41, 5.74) is 3.71. The van der Waals surface area contributed by atoms with Crippen molar-refractivity contribution in [1.29, 1.82) is 0 Å². The van der Waals surface area contributed by atoms with Crippen LogP contribution >= 0.6 is 0 Å². The predicted molar refractivity (Wildman–Crippen MR) is 116 cm³/mol. The minimum Gasteiger partial charge on any atom is -0.503 e. The highest BCUT2D eigenvalue weighted by molar-refractivity contribution is 6.16. The smallest absolute Gasteiger partial charge is 0.294 e. The van der Waals surface area contributed by atoms with Gasteiger partial charge in [-0.15, -0.1) is 0 Å². The molecule has 0 fully saturated rings. The Morgan fingerprint density at radius 2 is 1.66 bits per heavy atom. The van der Waals surface area contributed by atoms with Gasteiger partial charge in [0, 0.05) is 30.9 Å². The van der Waals surface area contributed by atoms with E-state index in [1.54, 1.807) is 6.92 Å². The molecule has 1 aliphatic heterocycles. The van der Waals surface area contributed by atoms with E-state index in [-0.39, 0.29) is 17.8 Å². The minimum absolute atomic E-state index is 0.180. The fourth-order valence-corrected chi connectivity index (χ4v) is 3.95. The largest absolute Gasteiger partial charge is 0.503 e. The van der Waals surface area contributed by atoms with Crippen LogP contribution < -0.4 is 9.80 Å². The Labute approximate surface area is 172 Å². The van der Waals surface area contributed by atoms with Crippen LogP contribution in [0.5, 0.6) is 0 Å². The molecule has 2 aromatic rings. The molecule has 5 nitrogen and oxygen atoms in total. The molecule has 0 saturated carbocycles. The Balaban J connectivity index is 2.11. The molecular weight excluding hydrogens is 364 g/mol. The van der Waals surface area contributed by atoms with Crippen LogP contribution in [0.4, 0.5) is 11.4 Å². The molecule has 1 amide bonds. The third-order valence-electron chi connectivity index (χ3n) is 5.57. The van der Waals surface area contributed by atoms with Crippen LogP contribution in [-0.2, 0) is 9.59 Å². The maximum absolute atomic E-state index is 13.0. The summed E-state index contributed by atoms with van der Waals surface area (Å²) >= 11 is 0. The van der Waals surface area contributed by atoms with Crippen LogP contribution in [0.3, 0.4) is 0 Å². The highest BCUT2D eigenvalue weighted by atomic mass is 16.3. The summed E-state index contributed by atoms with van der Waals surface area (Å²) in [5.74, 6) is -1.20. The predicted octanol–water partition coefficient (Wildman–Crippen LogP) is 4.72. The average Bonchev–Trinajstić information content (AvgIpc) is 3.00. The van der Waals surface area contributed by atoms with Crippen LogP contribution in [0.2, 0.25) is 0 Å². The standard InChI is InChI=1S/C24H28N2O3/c1-5-20(27)21-22(19-11-9-8-10-16(19)4)26(24(29)23(21)28)18-14-12-17(13-15-18)25(6-2)7-3/h8-15,22,28H,5-7H2,1-4H3. The fraction of sp³-hybridized carbons (Fsp3) is 0.333. The molecule has 152 valence electrons. The highest BCUT2D eigenvalue weighted by Crippen LogP contribution is 2.42. The second-order valence-electron chi connectivity index (χ2n) is 7.16. The van der Waals surface area contributed by atoms with Crippen molar-refractivity contribution in [3.8, 4) is 0 Å². The first-order chi connectivity index (χ1) is 13.9. The Hall–Kier alpha value is -3.08. The van der Waals surface area contributed by atoms with E-state index in [1.165, 1.54) is 4.90 Å². The van der Waals surface area contributed by atoms with Gasteiger partial charge in [0.1, 0.15) is 0 Å². The van der Waals surface area contributed by atoms with Gasteiger partial charge in [0.05, 0.1) is 11.6 Å². The van der Waals surface area contributed by atoms with E-state index >= 15 is 0 Å². The van der Waals surface area contributed by atoms with Gasteiger partial charge in [0.25, 0.3) is 5.91 Å². The van der Waals surface area contributed by atoms with E-state index in [0.29, 0.717) is 5.69 Å². The maximum Gasteiger partial charge on any atom is 0.294 e. The minimum atomic E-state index is -0.629. The topological polar surface area (TPSA) is 60.9 Å². The van der Waals surface area contributed by atoms with Gasteiger partial charge >= 0.3 is 0 Å². The van der Waals surface area contributed by atoms with Gasteiger partial charge in [-0.25, -0.2) is 0 Å².